The molecule has 0 saturated carbocycles. The highest BCUT2D eigenvalue weighted by atomic mass is 16.3. The summed E-state index contributed by atoms with van der Waals surface area (Å²) in [6.45, 7) is 3.58. The molecule has 0 aromatic rings. The van der Waals surface area contributed by atoms with Gasteiger partial charge in [0.05, 0.1) is 0 Å². The molecule has 4 N–H and O–H groups in total. The summed E-state index contributed by atoms with van der Waals surface area (Å²) in [5.41, 5.74) is 4.01. The molecule has 0 amide bonds. The number of aliphatic hydroxyl groups is 2. The molecule has 0 radical (unpaired) electrons. The highest BCUT2D eigenvalue weighted by molar-refractivity contribution is 4.79. The molecule has 0 aliphatic carbocycles. The average Bonchev–Trinajstić information content (AvgIpc) is 1.86. The Labute approximate surface area is 55.5 Å². The average molecular weight is 133 g/mol. The first kappa shape index (κ1) is 8.88. The Balaban J connectivity index is 3.92. The van der Waals surface area contributed by atoms with E-state index < -0.39 is 11.8 Å². The third-order valence-corrected chi connectivity index (χ3v) is 1.78. The molecule has 0 rings (SSSR count). The zero-order valence-corrected chi connectivity index (χ0v) is 5.96. The summed E-state index contributed by atoms with van der Waals surface area (Å²) < 4.78 is 0. The monoisotopic (exact) mass is 133 g/mol. The third-order valence-electron chi connectivity index (χ3n) is 1.78. The molecule has 0 aromatic heterocycles. The molecule has 9 heavy (non-hydrogen) atoms. The van der Waals surface area contributed by atoms with Gasteiger partial charge in [0.15, 0.2) is 0 Å². The van der Waals surface area contributed by atoms with Crippen molar-refractivity contribution in [3.8, 4) is 0 Å². The fraction of sp³-hybridized carbons (Fsp3) is 1.00. The van der Waals surface area contributed by atoms with E-state index in [4.69, 9.17) is 10.8 Å². The lowest BCUT2D eigenvalue weighted by molar-refractivity contribution is -0.0765. The summed E-state index contributed by atoms with van der Waals surface area (Å²) in [6, 6.07) is 0. The smallest absolute Gasteiger partial charge is 0.131 e. The molecule has 0 heterocycles. The molecule has 3 heteroatoms. The summed E-state index contributed by atoms with van der Waals surface area (Å²) >= 11 is 0. The van der Waals surface area contributed by atoms with Crippen LogP contribution in [0.25, 0.3) is 0 Å². The van der Waals surface area contributed by atoms with Crippen molar-refractivity contribution in [1.29, 1.82) is 0 Å². The largest absolute Gasteiger partial charge is 0.386 e. The van der Waals surface area contributed by atoms with Crippen molar-refractivity contribution < 1.29 is 10.2 Å². The number of rotatable bonds is 3. The lowest BCUT2D eigenvalue weighted by Crippen LogP contribution is -2.46. The predicted molar refractivity (Wildman–Crippen MR) is 35.7 cm³/mol. The first-order chi connectivity index (χ1) is 4.06. The minimum Gasteiger partial charge on any atom is -0.386 e. The third kappa shape index (κ3) is 1.93. The first-order valence-electron chi connectivity index (χ1n) is 3.23. The van der Waals surface area contributed by atoms with Crippen LogP contribution in [0.15, 0.2) is 0 Å². The van der Waals surface area contributed by atoms with Gasteiger partial charge in [-0.15, -0.1) is 0 Å². The van der Waals surface area contributed by atoms with Gasteiger partial charge >= 0.3 is 0 Å². The van der Waals surface area contributed by atoms with Crippen LogP contribution in [0.4, 0.5) is 0 Å². The number of nitrogens with two attached hydrogens (primary N) is 1. The maximum absolute atomic E-state index is 9.33. The van der Waals surface area contributed by atoms with E-state index in [9.17, 15) is 5.11 Å². The second kappa shape index (κ2) is 3.15. The summed E-state index contributed by atoms with van der Waals surface area (Å²) in [7, 11) is 0. The SMILES string of the molecule is CCC(O)(CC)C(N)O. The van der Waals surface area contributed by atoms with Crippen molar-refractivity contribution in [2.75, 3.05) is 0 Å². The van der Waals surface area contributed by atoms with E-state index in [0.717, 1.165) is 0 Å². The standard InChI is InChI=1S/C6H15NO2/c1-3-6(9,4-2)5(7)8/h5,8-9H,3-4,7H2,1-2H3. The van der Waals surface area contributed by atoms with Crippen LogP contribution in [-0.4, -0.2) is 22.0 Å². The minimum absolute atomic E-state index is 0.487. The second-order valence-electron chi connectivity index (χ2n) is 2.26. The molecular formula is C6H15NO2. The topological polar surface area (TPSA) is 66.5 Å². The fourth-order valence-corrected chi connectivity index (χ4v) is 0.668. The molecule has 0 bridgehead atoms. The van der Waals surface area contributed by atoms with Crippen LogP contribution in [0.5, 0.6) is 0 Å². The van der Waals surface area contributed by atoms with E-state index >= 15 is 0 Å². The van der Waals surface area contributed by atoms with Crippen LogP contribution in [0.2, 0.25) is 0 Å². The molecule has 0 spiro atoms. The van der Waals surface area contributed by atoms with Crippen LogP contribution in [0.3, 0.4) is 0 Å². The highest BCUT2D eigenvalue weighted by Gasteiger charge is 2.28. The fourth-order valence-electron chi connectivity index (χ4n) is 0.668. The van der Waals surface area contributed by atoms with Gasteiger partial charge in [-0.2, -0.15) is 0 Å². The van der Waals surface area contributed by atoms with Crippen LogP contribution >= 0.6 is 0 Å². The number of hydrogen-bond donors (Lipinski definition) is 3. The van der Waals surface area contributed by atoms with Gasteiger partial charge in [0, 0.05) is 0 Å². The molecule has 0 saturated heterocycles. The van der Waals surface area contributed by atoms with Crippen molar-refractivity contribution in [2.24, 2.45) is 5.73 Å². The van der Waals surface area contributed by atoms with Crippen molar-refractivity contribution in [1.82, 2.24) is 0 Å². The van der Waals surface area contributed by atoms with E-state index in [1.54, 1.807) is 13.8 Å². The van der Waals surface area contributed by atoms with Crippen molar-refractivity contribution >= 4 is 0 Å². The first-order valence-corrected chi connectivity index (χ1v) is 3.23. The Morgan fingerprint density at radius 2 is 1.78 bits per heavy atom. The maximum atomic E-state index is 9.33. The van der Waals surface area contributed by atoms with Gasteiger partial charge in [0.25, 0.3) is 0 Å². The molecule has 1 atom stereocenters. The number of hydrogen-bond acceptors (Lipinski definition) is 3. The molecule has 0 fully saturated rings. The predicted octanol–water partition coefficient (Wildman–Crippen LogP) is -0.185. The second-order valence-corrected chi connectivity index (χ2v) is 2.26. The van der Waals surface area contributed by atoms with Crippen molar-refractivity contribution in [2.45, 2.75) is 38.5 Å². The molecule has 0 aromatic carbocycles. The van der Waals surface area contributed by atoms with Crippen LogP contribution in [0, 0.1) is 0 Å². The van der Waals surface area contributed by atoms with Gasteiger partial charge in [-0.25, -0.2) is 0 Å². The van der Waals surface area contributed by atoms with E-state index in [1.807, 2.05) is 0 Å². The van der Waals surface area contributed by atoms with Crippen molar-refractivity contribution in [3.63, 3.8) is 0 Å². The molecule has 0 aliphatic heterocycles. The van der Waals surface area contributed by atoms with E-state index in [1.165, 1.54) is 0 Å². The summed E-state index contributed by atoms with van der Waals surface area (Å²) in [6.07, 6.45) is -0.144. The molecular weight excluding hydrogens is 118 g/mol. The molecule has 0 aliphatic rings. The van der Waals surface area contributed by atoms with Gasteiger partial charge in [-0.1, -0.05) is 13.8 Å². The van der Waals surface area contributed by atoms with Crippen molar-refractivity contribution in [3.05, 3.63) is 0 Å². The zero-order valence-electron chi connectivity index (χ0n) is 5.96. The molecule has 1 unspecified atom stereocenters. The van der Waals surface area contributed by atoms with Gasteiger partial charge < -0.3 is 15.9 Å². The molecule has 56 valence electrons. The Hall–Kier alpha value is -0.120. The lowest BCUT2D eigenvalue weighted by Gasteiger charge is -2.27. The zero-order chi connectivity index (χ0) is 7.49. The van der Waals surface area contributed by atoms with E-state index in [-0.39, 0.29) is 0 Å². The quantitative estimate of drug-likeness (QED) is 0.468. The number of aliphatic hydroxyl groups excluding tert-OH is 1. The maximum Gasteiger partial charge on any atom is 0.131 e. The van der Waals surface area contributed by atoms with Gasteiger partial charge in [-0.05, 0) is 12.8 Å². The van der Waals surface area contributed by atoms with E-state index in [2.05, 4.69) is 0 Å². The van der Waals surface area contributed by atoms with Gasteiger partial charge in [0.2, 0.25) is 0 Å². The Kier molecular flexibility index (Phi) is 3.11. The van der Waals surface area contributed by atoms with Crippen LogP contribution in [-0.2, 0) is 0 Å². The lowest BCUT2D eigenvalue weighted by atomic mass is 9.96. The normalized spacial score (nSPS) is 15.7. The Bertz CT molecular complexity index is 79.1. The summed E-state index contributed by atoms with van der Waals surface area (Å²) in [5, 5.41) is 18.1. The van der Waals surface area contributed by atoms with E-state index in [0.29, 0.717) is 12.8 Å². The molecule has 3 nitrogen and oxygen atoms in total. The summed E-state index contributed by atoms with van der Waals surface area (Å²) in [5.74, 6) is 0. The van der Waals surface area contributed by atoms with Crippen LogP contribution in [0.1, 0.15) is 26.7 Å². The van der Waals surface area contributed by atoms with Crippen LogP contribution < -0.4 is 5.73 Å². The Morgan fingerprint density at radius 3 is 1.78 bits per heavy atom. The minimum atomic E-state index is -1.12. The Morgan fingerprint density at radius 1 is 1.44 bits per heavy atom. The highest BCUT2D eigenvalue weighted by Crippen LogP contribution is 2.15. The van der Waals surface area contributed by atoms with Gasteiger partial charge in [-0.3, -0.25) is 0 Å². The summed E-state index contributed by atoms with van der Waals surface area (Å²) in [4.78, 5) is 0. The van der Waals surface area contributed by atoms with Gasteiger partial charge in [0.1, 0.15) is 11.8 Å².